The molecule has 4 heteroatoms. The van der Waals surface area contributed by atoms with Gasteiger partial charge >= 0.3 is 0 Å². The summed E-state index contributed by atoms with van der Waals surface area (Å²) in [6.45, 7) is 2.29. The average molecular weight is 246 g/mol. The normalized spacial score (nSPS) is 14.7. The van der Waals surface area contributed by atoms with Crippen LogP contribution in [0.2, 0.25) is 0 Å². The van der Waals surface area contributed by atoms with E-state index in [4.69, 9.17) is 5.73 Å². The molecule has 1 aromatic carbocycles. The molecule has 0 saturated heterocycles. The minimum atomic E-state index is -0.903. The summed E-state index contributed by atoms with van der Waals surface area (Å²) in [5.74, 6) is 0. The highest BCUT2D eigenvalue weighted by Gasteiger charge is 2.17. The quantitative estimate of drug-likeness (QED) is 0.759. The van der Waals surface area contributed by atoms with Crippen LogP contribution in [0.4, 0.5) is 0 Å². The van der Waals surface area contributed by atoms with E-state index < -0.39 is 12.2 Å². The summed E-state index contributed by atoms with van der Waals surface area (Å²) < 4.78 is 0. The van der Waals surface area contributed by atoms with E-state index in [2.05, 4.69) is 4.98 Å². The number of pyridine rings is 1. The molecule has 2 aromatic rings. The van der Waals surface area contributed by atoms with Gasteiger partial charge in [-0.1, -0.05) is 12.1 Å². The van der Waals surface area contributed by atoms with E-state index in [9.17, 15) is 10.2 Å². The Balaban J connectivity index is 2.32. The molecule has 1 aromatic heterocycles. The average Bonchev–Trinajstić information content (AvgIpc) is 2.37. The standard InChI is InChI=1S/C14H18N2O2/c1-9-2-3-10-8-11(4-5-12(10)16-9)14(18)13(17)6-7-15/h2-5,8,13-14,17-18H,6-7,15H2,1H3. The maximum absolute atomic E-state index is 10.0. The molecule has 18 heavy (non-hydrogen) atoms. The largest absolute Gasteiger partial charge is 0.390 e. The lowest BCUT2D eigenvalue weighted by Gasteiger charge is -2.17. The van der Waals surface area contributed by atoms with E-state index >= 15 is 0 Å². The first kappa shape index (κ1) is 13.0. The van der Waals surface area contributed by atoms with Crippen molar-refractivity contribution in [2.75, 3.05) is 6.54 Å². The van der Waals surface area contributed by atoms with Gasteiger partial charge in [0.15, 0.2) is 0 Å². The topological polar surface area (TPSA) is 79.4 Å². The third-order valence-corrected chi connectivity index (χ3v) is 3.02. The SMILES string of the molecule is Cc1ccc2cc(C(O)C(O)CCN)ccc2n1. The summed E-state index contributed by atoms with van der Waals surface area (Å²) in [6, 6.07) is 9.39. The van der Waals surface area contributed by atoms with Gasteiger partial charge in [0.25, 0.3) is 0 Å². The molecule has 0 bridgehead atoms. The smallest absolute Gasteiger partial charge is 0.105 e. The fourth-order valence-corrected chi connectivity index (χ4v) is 1.98. The van der Waals surface area contributed by atoms with E-state index in [0.717, 1.165) is 16.6 Å². The second kappa shape index (κ2) is 5.44. The fraction of sp³-hybridized carbons (Fsp3) is 0.357. The maximum Gasteiger partial charge on any atom is 0.105 e. The molecular formula is C14H18N2O2. The summed E-state index contributed by atoms with van der Waals surface area (Å²) in [7, 11) is 0. The van der Waals surface area contributed by atoms with Crippen molar-refractivity contribution < 1.29 is 10.2 Å². The molecule has 2 rings (SSSR count). The second-order valence-corrected chi connectivity index (χ2v) is 4.49. The van der Waals surface area contributed by atoms with Crippen molar-refractivity contribution in [3.63, 3.8) is 0 Å². The zero-order chi connectivity index (χ0) is 13.1. The molecule has 0 fully saturated rings. The number of nitrogens with two attached hydrogens (primary N) is 1. The number of benzene rings is 1. The van der Waals surface area contributed by atoms with Crippen LogP contribution in [0.3, 0.4) is 0 Å². The molecule has 0 amide bonds. The predicted octanol–water partition coefficient (Wildman–Crippen LogP) is 1.29. The van der Waals surface area contributed by atoms with Crippen molar-refractivity contribution in [3.05, 3.63) is 41.6 Å². The van der Waals surface area contributed by atoms with Gasteiger partial charge in [-0.05, 0) is 43.7 Å². The molecule has 0 spiro atoms. The van der Waals surface area contributed by atoms with Crippen LogP contribution in [-0.2, 0) is 0 Å². The van der Waals surface area contributed by atoms with Gasteiger partial charge < -0.3 is 15.9 Å². The van der Waals surface area contributed by atoms with E-state index in [1.165, 1.54) is 0 Å². The Hall–Kier alpha value is -1.49. The Morgan fingerprint density at radius 3 is 2.72 bits per heavy atom. The lowest BCUT2D eigenvalue weighted by Crippen LogP contribution is -2.21. The van der Waals surface area contributed by atoms with Crippen molar-refractivity contribution in [1.29, 1.82) is 0 Å². The van der Waals surface area contributed by atoms with Crippen molar-refractivity contribution in [3.8, 4) is 0 Å². The second-order valence-electron chi connectivity index (χ2n) is 4.49. The number of rotatable bonds is 4. The molecule has 0 aliphatic carbocycles. The van der Waals surface area contributed by atoms with Gasteiger partial charge in [0.1, 0.15) is 6.10 Å². The summed E-state index contributed by atoms with van der Waals surface area (Å²) in [5.41, 5.74) is 7.91. The zero-order valence-corrected chi connectivity index (χ0v) is 10.4. The molecule has 0 aliphatic heterocycles. The minimum Gasteiger partial charge on any atom is -0.390 e. The van der Waals surface area contributed by atoms with Crippen LogP contribution < -0.4 is 5.73 Å². The van der Waals surface area contributed by atoms with Crippen LogP contribution in [0.15, 0.2) is 30.3 Å². The minimum absolute atomic E-state index is 0.354. The Morgan fingerprint density at radius 2 is 2.00 bits per heavy atom. The molecule has 4 N–H and O–H groups in total. The lowest BCUT2D eigenvalue weighted by atomic mass is 10.0. The third kappa shape index (κ3) is 2.67. The summed E-state index contributed by atoms with van der Waals surface area (Å²) in [5, 5.41) is 20.7. The first-order valence-corrected chi connectivity index (χ1v) is 6.05. The van der Waals surface area contributed by atoms with Crippen LogP contribution in [0.1, 0.15) is 23.8 Å². The number of aliphatic hydroxyl groups excluding tert-OH is 2. The molecule has 2 atom stereocenters. The summed E-state index contributed by atoms with van der Waals surface area (Å²) in [6.07, 6.45) is -1.35. The fourth-order valence-electron chi connectivity index (χ4n) is 1.98. The van der Waals surface area contributed by atoms with Crippen molar-refractivity contribution in [2.45, 2.75) is 25.6 Å². The highest BCUT2D eigenvalue weighted by Crippen LogP contribution is 2.23. The Labute approximate surface area is 106 Å². The van der Waals surface area contributed by atoms with Crippen LogP contribution >= 0.6 is 0 Å². The Morgan fingerprint density at radius 1 is 1.22 bits per heavy atom. The predicted molar refractivity (Wildman–Crippen MR) is 71.1 cm³/mol. The zero-order valence-electron chi connectivity index (χ0n) is 10.4. The van der Waals surface area contributed by atoms with Crippen LogP contribution in [-0.4, -0.2) is 27.8 Å². The van der Waals surface area contributed by atoms with Crippen molar-refractivity contribution >= 4 is 10.9 Å². The van der Waals surface area contributed by atoms with Gasteiger partial charge in [-0.3, -0.25) is 4.98 Å². The van der Waals surface area contributed by atoms with Crippen LogP contribution in [0, 0.1) is 6.92 Å². The molecule has 0 aliphatic rings. The lowest BCUT2D eigenvalue weighted by molar-refractivity contribution is 0.0151. The molecule has 96 valence electrons. The van der Waals surface area contributed by atoms with E-state index in [1.807, 2.05) is 31.2 Å². The number of aryl methyl sites for hydroxylation is 1. The number of fused-ring (bicyclic) bond motifs is 1. The van der Waals surface area contributed by atoms with E-state index in [0.29, 0.717) is 18.5 Å². The molecular weight excluding hydrogens is 228 g/mol. The monoisotopic (exact) mass is 246 g/mol. The number of nitrogens with zero attached hydrogens (tertiary/aromatic N) is 1. The van der Waals surface area contributed by atoms with Gasteiger partial charge in [0.05, 0.1) is 11.6 Å². The van der Waals surface area contributed by atoms with Crippen LogP contribution in [0.5, 0.6) is 0 Å². The number of aliphatic hydroxyl groups is 2. The van der Waals surface area contributed by atoms with E-state index in [1.54, 1.807) is 6.07 Å². The van der Waals surface area contributed by atoms with Crippen molar-refractivity contribution in [1.82, 2.24) is 4.98 Å². The van der Waals surface area contributed by atoms with E-state index in [-0.39, 0.29) is 0 Å². The number of hydrogen-bond acceptors (Lipinski definition) is 4. The van der Waals surface area contributed by atoms with Crippen LogP contribution in [0.25, 0.3) is 10.9 Å². The Bertz CT molecular complexity index is 542. The molecule has 1 heterocycles. The first-order chi connectivity index (χ1) is 8.61. The summed E-state index contributed by atoms with van der Waals surface area (Å²) in [4.78, 5) is 4.39. The van der Waals surface area contributed by atoms with Crippen molar-refractivity contribution in [2.24, 2.45) is 5.73 Å². The number of hydrogen-bond donors (Lipinski definition) is 3. The molecule has 4 nitrogen and oxygen atoms in total. The number of aromatic nitrogens is 1. The molecule has 0 radical (unpaired) electrons. The molecule has 0 saturated carbocycles. The highest BCUT2D eigenvalue weighted by atomic mass is 16.3. The highest BCUT2D eigenvalue weighted by molar-refractivity contribution is 5.79. The van der Waals surface area contributed by atoms with Gasteiger partial charge in [-0.15, -0.1) is 0 Å². The Kier molecular flexibility index (Phi) is 3.91. The maximum atomic E-state index is 10.0. The molecule has 2 unspecified atom stereocenters. The summed E-state index contributed by atoms with van der Waals surface area (Å²) >= 11 is 0. The van der Waals surface area contributed by atoms with Gasteiger partial charge in [-0.25, -0.2) is 0 Å². The van der Waals surface area contributed by atoms with Gasteiger partial charge in [0.2, 0.25) is 0 Å². The first-order valence-electron chi connectivity index (χ1n) is 6.05. The third-order valence-electron chi connectivity index (χ3n) is 3.02. The van der Waals surface area contributed by atoms with Gasteiger partial charge in [0, 0.05) is 11.1 Å². The van der Waals surface area contributed by atoms with Gasteiger partial charge in [-0.2, -0.15) is 0 Å².